The van der Waals surface area contributed by atoms with Crippen LogP contribution in [-0.2, 0) is 26.2 Å². The van der Waals surface area contributed by atoms with Crippen molar-refractivity contribution in [3.8, 4) is 0 Å². The van der Waals surface area contributed by atoms with Crippen molar-refractivity contribution in [2.24, 2.45) is 0 Å². The summed E-state index contributed by atoms with van der Waals surface area (Å²) in [4.78, 5) is 11.6. The Morgan fingerprint density at radius 1 is 1.08 bits per heavy atom. The molecule has 2 aromatic rings. The first-order valence-electron chi connectivity index (χ1n) is 7.07. The van der Waals surface area contributed by atoms with Crippen molar-refractivity contribution in [2.45, 2.75) is 6.61 Å². The minimum absolute atomic E-state index is 0.0992. The number of benzene rings is 2. The van der Waals surface area contributed by atoms with Crippen molar-refractivity contribution in [1.29, 1.82) is 0 Å². The van der Waals surface area contributed by atoms with Crippen molar-refractivity contribution in [2.75, 3.05) is 6.54 Å². The Morgan fingerprint density at radius 2 is 1.75 bits per heavy atom. The zero-order valence-corrected chi connectivity index (χ0v) is 14.3. The fourth-order valence-electron chi connectivity index (χ4n) is 1.74. The minimum atomic E-state index is -3.73. The molecular formula is C17H16ClNO4S. The average molecular weight is 366 g/mol. The van der Waals surface area contributed by atoms with Gasteiger partial charge in [0.15, 0.2) is 0 Å². The van der Waals surface area contributed by atoms with Crippen LogP contribution in [0.3, 0.4) is 0 Å². The summed E-state index contributed by atoms with van der Waals surface area (Å²) in [6.45, 7) is -0.331. The number of halogens is 1. The highest BCUT2D eigenvalue weighted by atomic mass is 35.5. The van der Waals surface area contributed by atoms with Gasteiger partial charge >= 0.3 is 5.97 Å². The third-order valence-electron chi connectivity index (χ3n) is 2.97. The lowest BCUT2D eigenvalue weighted by Crippen LogP contribution is -2.29. The van der Waals surface area contributed by atoms with Crippen LogP contribution < -0.4 is 4.72 Å². The van der Waals surface area contributed by atoms with E-state index >= 15 is 0 Å². The van der Waals surface area contributed by atoms with Gasteiger partial charge in [-0.1, -0.05) is 54.1 Å². The number of sulfonamides is 1. The van der Waals surface area contributed by atoms with E-state index in [0.717, 1.165) is 11.0 Å². The first-order valence-corrected chi connectivity index (χ1v) is 9.00. The van der Waals surface area contributed by atoms with Crippen LogP contribution in [0.2, 0.25) is 5.02 Å². The summed E-state index contributed by atoms with van der Waals surface area (Å²) in [5, 5.41) is 1.55. The number of esters is 1. The van der Waals surface area contributed by atoms with Gasteiger partial charge in [-0.25, -0.2) is 13.1 Å². The molecule has 0 atom stereocenters. The molecule has 24 heavy (non-hydrogen) atoms. The summed E-state index contributed by atoms with van der Waals surface area (Å²) in [7, 11) is -3.73. The predicted molar refractivity (Wildman–Crippen MR) is 93.6 cm³/mol. The summed E-state index contributed by atoms with van der Waals surface area (Å²) < 4.78 is 30.8. The lowest BCUT2D eigenvalue weighted by Gasteiger charge is -2.05. The van der Waals surface area contributed by atoms with E-state index in [4.69, 9.17) is 16.3 Å². The van der Waals surface area contributed by atoms with Crippen LogP contribution in [0.1, 0.15) is 11.1 Å². The molecule has 0 amide bonds. The molecule has 126 valence electrons. The van der Waals surface area contributed by atoms with E-state index in [1.165, 1.54) is 6.08 Å². The summed E-state index contributed by atoms with van der Waals surface area (Å²) >= 11 is 5.75. The molecule has 0 saturated carbocycles. The molecule has 5 nitrogen and oxygen atoms in total. The maximum absolute atomic E-state index is 11.8. The number of carbonyl (C=O) groups excluding carboxylic acids is 1. The molecule has 0 aliphatic heterocycles. The maximum Gasteiger partial charge on any atom is 0.321 e. The predicted octanol–water partition coefficient (Wildman–Crippen LogP) is 2.97. The van der Waals surface area contributed by atoms with E-state index in [9.17, 15) is 13.2 Å². The second kappa shape index (κ2) is 8.63. The molecule has 0 spiro atoms. The fourth-order valence-corrected chi connectivity index (χ4v) is 2.62. The molecule has 0 bridgehead atoms. The van der Waals surface area contributed by atoms with Gasteiger partial charge in [-0.3, -0.25) is 4.79 Å². The van der Waals surface area contributed by atoms with Gasteiger partial charge in [-0.15, -0.1) is 0 Å². The molecule has 7 heteroatoms. The molecule has 0 aromatic heterocycles. The zero-order valence-electron chi connectivity index (χ0n) is 12.7. The summed E-state index contributed by atoms with van der Waals surface area (Å²) in [5.41, 5.74) is 1.51. The number of hydrogen-bond donors (Lipinski definition) is 1. The normalized spacial score (nSPS) is 11.5. The molecule has 0 aliphatic carbocycles. The van der Waals surface area contributed by atoms with Gasteiger partial charge < -0.3 is 4.74 Å². The maximum atomic E-state index is 11.8. The van der Waals surface area contributed by atoms with E-state index in [2.05, 4.69) is 4.72 Å². The quantitative estimate of drug-likeness (QED) is 0.765. The highest BCUT2D eigenvalue weighted by Gasteiger charge is 2.10. The van der Waals surface area contributed by atoms with Gasteiger partial charge in [0.05, 0.1) is 0 Å². The molecule has 0 unspecified atom stereocenters. The van der Waals surface area contributed by atoms with E-state index in [-0.39, 0.29) is 6.61 Å². The Hall–Kier alpha value is -2.15. The highest BCUT2D eigenvalue weighted by molar-refractivity contribution is 7.92. The molecule has 2 rings (SSSR count). The molecule has 0 fully saturated rings. The van der Waals surface area contributed by atoms with Crippen molar-refractivity contribution >= 4 is 33.7 Å². The molecule has 0 heterocycles. The van der Waals surface area contributed by atoms with Crippen molar-refractivity contribution in [1.82, 2.24) is 4.72 Å². The highest BCUT2D eigenvalue weighted by Crippen LogP contribution is 2.11. The summed E-state index contributed by atoms with van der Waals surface area (Å²) in [6.07, 6.45) is 1.41. The van der Waals surface area contributed by atoms with E-state index in [0.29, 0.717) is 10.6 Å². The van der Waals surface area contributed by atoms with Crippen LogP contribution >= 0.6 is 11.6 Å². The van der Waals surface area contributed by atoms with Crippen LogP contribution in [0.4, 0.5) is 0 Å². The van der Waals surface area contributed by atoms with Gasteiger partial charge in [0.1, 0.15) is 13.2 Å². The number of nitrogens with one attached hydrogen (secondary N) is 1. The van der Waals surface area contributed by atoms with Crippen LogP contribution in [0, 0.1) is 0 Å². The number of rotatable bonds is 7. The smallest absolute Gasteiger partial charge is 0.321 e. The van der Waals surface area contributed by atoms with Crippen molar-refractivity contribution < 1.29 is 17.9 Å². The summed E-state index contributed by atoms with van der Waals surface area (Å²) in [5.74, 6) is -0.651. The molecular weight excluding hydrogens is 350 g/mol. The molecule has 1 N–H and O–H groups in total. The van der Waals surface area contributed by atoms with E-state index < -0.39 is 22.5 Å². The Balaban J connectivity index is 1.81. The Morgan fingerprint density at radius 3 is 2.42 bits per heavy atom. The minimum Gasteiger partial charge on any atom is -0.460 e. The third-order valence-corrected chi connectivity index (χ3v) is 4.26. The third kappa shape index (κ3) is 6.54. The standard InChI is InChI=1S/C17H16ClNO4S/c18-16-8-6-14(7-9-16)10-11-24(21,22)19-12-17(20)23-13-15-4-2-1-3-5-15/h1-11,19H,12-13H2/b11-10+. The second-order valence-electron chi connectivity index (χ2n) is 4.87. The van der Waals surface area contributed by atoms with Crippen LogP contribution in [0.25, 0.3) is 6.08 Å². The van der Waals surface area contributed by atoms with Gasteiger partial charge in [-0.2, -0.15) is 0 Å². The van der Waals surface area contributed by atoms with Gasteiger partial charge in [0.25, 0.3) is 0 Å². The Bertz CT molecular complexity index is 802. The van der Waals surface area contributed by atoms with Crippen LogP contribution in [0.5, 0.6) is 0 Å². The topological polar surface area (TPSA) is 72.5 Å². The largest absolute Gasteiger partial charge is 0.460 e. The van der Waals surface area contributed by atoms with Crippen LogP contribution in [0.15, 0.2) is 60.0 Å². The molecule has 0 saturated heterocycles. The number of ether oxygens (including phenoxy) is 1. The molecule has 0 radical (unpaired) electrons. The first-order chi connectivity index (χ1) is 11.4. The monoisotopic (exact) mass is 365 g/mol. The van der Waals surface area contributed by atoms with Crippen molar-refractivity contribution in [3.63, 3.8) is 0 Å². The number of carbonyl (C=O) groups is 1. The average Bonchev–Trinajstić information content (AvgIpc) is 2.59. The zero-order chi connectivity index (χ0) is 17.4. The molecule has 0 aliphatic rings. The lowest BCUT2D eigenvalue weighted by atomic mass is 10.2. The van der Waals surface area contributed by atoms with E-state index in [1.807, 2.05) is 30.3 Å². The number of hydrogen-bond acceptors (Lipinski definition) is 4. The summed E-state index contributed by atoms with van der Waals surface area (Å²) in [6, 6.07) is 15.8. The first kappa shape index (κ1) is 18.2. The van der Waals surface area contributed by atoms with Gasteiger partial charge in [-0.05, 0) is 29.3 Å². The SMILES string of the molecule is O=C(CNS(=O)(=O)/C=C/c1ccc(Cl)cc1)OCc1ccccc1. The fraction of sp³-hybridized carbons (Fsp3) is 0.118. The lowest BCUT2D eigenvalue weighted by molar-refractivity contribution is -0.143. The van der Waals surface area contributed by atoms with E-state index in [1.54, 1.807) is 24.3 Å². The van der Waals surface area contributed by atoms with Crippen LogP contribution in [-0.4, -0.2) is 20.9 Å². The molecule has 2 aromatic carbocycles. The van der Waals surface area contributed by atoms with Gasteiger partial charge in [0, 0.05) is 10.4 Å². The van der Waals surface area contributed by atoms with Gasteiger partial charge in [0.2, 0.25) is 10.0 Å². The Labute approximate surface area is 146 Å². The second-order valence-corrected chi connectivity index (χ2v) is 6.95. The van der Waals surface area contributed by atoms with Crippen molar-refractivity contribution in [3.05, 3.63) is 76.2 Å². The Kier molecular flexibility index (Phi) is 6.54.